The van der Waals surface area contributed by atoms with Crippen LogP contribution in [0.4, 0.5) is 5.82 Å². The highest BCUT2D eigenvalue weighted by Crippen LogP contribution is 2.26. The Hall–Kier alpha value is -3.03. The standard InChI is InChI=1S/C17H18BN5O2/c1-3-4-8-25-16-21-14(19)13-15(22-16)23(17(20-13)24-2)10-11-6-5-7-12(18)9-11/h3,5-7,9H,1,4,8,10H2,2H3,(H2,19,21,22). The smallest absolute Gasteiger partial charge is 0.320 e. The summed E-state index contributed by atoms with van der Waals surface area (Å²) >= 11 is 0. The van der Waals surface area contributed by atoms with E-state index in [0.29, 0.717) is 42.2 Å². The van der Waals surface area contributed by atoms with Crippen LogP contribution in [0.25, 0.3) is 11.2 Å². The molecule has 2 aromatic heterocycles. The molecule has 0 bridgehead atoms. The average molecular weight is 335 g/mol. The Morgan fingerprint density at radius 1 is 1.32 bits per heavy atom. The zero-order valence-corrected chi connectivity index (χ0v) is 14.0. The first kappa shape index (κ1) is 16.8. The molecule has 1 aromatic carbocycles. The second-order valence-corrected chi connectivity index (χ2v) is 5.42. The molecule has 2 heterocycles. The second-order valence-electron chi connectivity index (χ2n) is 5.42. The summed E-state index contributed by atoms with van der Waals surface area (Å²) in [6.07, 6.45) is 2.45. The van der Waals surface area contributed by atoms with Crippen molar-refractivity contribution in [1.29, 1.82) is 0 Å². The molecule has 0 aliphatic rings. The molecular formula is C17H18BN5O2. The van der Waals surface area contributed by atoms with Gasteiger partial charge >= 0.3 is 6.01 Å². The van der Waals surface area contributed by atoms with Crippen LogP contribution in [0.1, 0.15) is 12.0 Å². The number of rotatable bonds is 7. The van der Waals surface area contributed by atoms with Gasteiger partial charge in [-0.2, -0.15) is 15.0 Å². The van der Waals surface area contributed by atoms with E-state index in [4.69, 9.17) is 23.1 Å². The van der Waals surface area contributed by atoms with Gasteiger partial charge in [0.1, 0.15) is 7.85 Å². The van der Waals surface area contributed by atoms with Crippen molar-refractivity contribution in [2.24, 2.45) is 0 Å². The van der Waals surface area contributed by atoms with Crippen molar-refractivity contribution < 1.29 is 9.47 Å². The molecule has 0 fully saturated rings. The van der Waals surface area contributed by atoms with E-state index < -0.39 is 0 Å². The van der Waals surface area contributed by atoms with Gasteiger partial charge in [-0.3, -0.25) is 4.57 Å². The number of nitrogens with zero attached hydrogens (tertiary/aromatic N) is 4. The van der Waals surface area contributed by atoms with E-state index in [9.17, 15) is 0 Å². The largest absolute Gasteiger partial charge is 0.468 e. The van der Waals surface area contributed by atoms with Crippen molar-refractivity contribution in [3.8, 4) is 12.0 Å². The van der Waals surface area contributed by atoms with Crippen molar-refractivity contribution in [3.63, 3.8) is 0 Å². The van der Waals surface area contributed by atoms with E-state index in [2.05, 4.69) is 21.5 Å². The fourth-order valence-electron chi connectivity index (χ4n) is 2.45. The molecule has 2 radical (unpaired) electrons. The molecule has 0 unspecified atom stereocenters. The van der Waals surface area contributed by atoms with E-state index >= 15 is 0 Å². The number of aromatic nitrogens is 4. The maximum atomic E-state index is 6.01. The molecular weight excluding hydrogens is 317 g/mol. The fraction of sp³-hybridized carbons (Fsp3) is 0.235. The monoisotopic (exact) mass is 335 g/mol. The lowest BCUT2D eigenvalue weighted by molar-refractivity contribution is 0.300. The van der Waals surface area contributed by atoms with Gasteiger partial charge < -0.3 is 15.2 Å². The summed E-state index contributed by atoms with van der Waals surface area (Å²) in [5.41, 5.74) is 8.70. The first-order valence-electron chi connectivity index (χ1n) is 7.78. The first-order chi connectivity index (χ1) is 12.1. The predicted octanol–water partition coefficient (Wildman–Crippen LogP) is 1.21. The summed E-state index contributed by atoms with van der Waals surface area (Å²) in [5, 5.41) is 0. The van der Waals surface area contributed by atoms with Crippen molar-refractivity contribution in [2.45, 2.75) is 13.0 Å². The van der Waals surface area contributed by atoms with Crippen LogP contribution in [0.5, 0.6) is 12.0 Å². The minimum atomic E-state index is 0.197. The van der Waals surface area contributed by atoms with Crippen LogP contribution in [0.3, 0.4) is 0 Å². The highest BCUT2D eigenvalue weighted by Gasteiger charge is 2.18. The molecule has 3 aromatic rings. The van der Waals surface area contributed by atoms with Crippen LogP contribution in [-0.2, 0) is 6.54 Å². The number of benzene rings is 1. The summed E-state index contributed by atoms with van der Waals surface area (Å²) < 4.78 is 12.7. The lowest BCUT2D eigenvalue weighted by Gasteiger charge is -2.09. The number of anilines is 1. The number of nitrogens with two attached hydrogens (primary N) is 1. The van der Waals surface area contributed by atoms with Gasteiger partial charge in [0.2, 0.25) is 0 Å². The van der Waals surface area contributed by atoms with Crippen molar-refractivity contribution in [2.75, 3.05) is 19.5 Å². The topological polar surface area (TPSA) is 88.1 Å². The van der Waals surface area contributed by atoms with Crippen LogP contribution < -0.4 is 20.7 Å². The lowest BCUT2D eigenvalue weighted by atomic mass is 9.94. The lowest BCUT2D eigenvalue weighted by Crippen LogP contribution is -2.09. The Labute approximate surface area is 146 Å². The molecule has 2 N–H and O–H groups in total. The molecule has 3 rings (SSSR count). The summed E-state index contributed by atoms with van der Waals surface area (Å²) in [5.74, 6) is 0.239. The molecule has 25 heavy (non-hydrogen) atoms. The van der Waals surface area contributed by atoms with Gasteiger partial charge in [-0.1, -0.05) is 35.8 Å². The minimum absolute atomic E-state index is 0.197. The molecule has 0 aliphatic carbocycles. The number of imidazole rings is 1. The second kappa shape index (κ2) is 7.25. The number of methoxy groups -OCH3 is 1. The Morgan fingerprint density at radius 2 is 2.16 bits per heavy atom. The maximum Gasteiger partial charge on any atom is 0.320 e. The molecule has 0 amide bonds. The van der Waals surface area contributed by atoms with E-state index in [1.54, 1.807) is 13.2 Å². The van der Waals surface area contributed by atoms with Crippen LogP contribution in [0.2, 0.25) is 0 Å². The van der Waals surface area contributed by atoms with Gasteiger partial charge in [0.05, 0.1) is 20.3 Å². The van der Waals surface area contributed by atoms with Gasteiger partial charge in [0.15, 0.2) is 17.0 Å². The summed E-state index contributed by atoms with van der Waals surface area (Å²) in [7, 11) is 7.40. The van der Waals surface area contributed by atoms with Gasteiger partial charge in [-0.15, -0.1) is 6.58 Å². The summed E-state index contributed by atoms with van der Waals surface area (Å²) in [6.45, 7) is 4.56. The van der Waals surface area contributed by atoms with Crippen molar-refractivity contribution >= 4 is 30.3 Å². The van der Waals surface area contributed by atoms with Crippen molar-refractivity contribution in [1.82, 2.24) is 19.5 Å². The molecule has 0 aliphatic heterocycles. The molecule has 0 saturated carbocycles. The molecule has 8 heteroatoms. The Kier molecular flexibility index (Phi) is 4.88. The molecule has 0 atom stereocenters. The molecule has 0 saturated heterocycles. The van der Waals surface area contributed by atoms with Gasteiger partial charge in [0, 0.05) is 0 Å². The van der Waals surface area contributed by atoms with Crippen LogP contribution in [-0.4, -0.2) is 41.1 Å². The summed E-state index contributed by atoms with van der Waals surface area (Å²) in [6, 6.07) is 8.16. The third-order valence-corrected chi connectivity index (χ3v) is 3.59. The Bertz CT molecular complexity index is 909. The van der Waals surface area contributed by atoms with Crippen LogP contribution >= 0.6 is 0 Å². The van der Waals surface area contributed by atoms with Gasteiger partial charge in [0.25, 0.3) is 6.01 Å². The van der Waals surface area contributed by atoms with Crippen LogP contribution in [0, 0.1) is 0 Å². The van der Waals surface area contributed by atoms with E-state index in [1.165, 1.54) is 0 Å². The molecule has 0 spiro atoms. The number of hydrogen-bond donors (Lipinski definition) is 1. The number of ether oxygens (including phenoxy) is 2. The normalized spacial score (nSPS) is 10.8. The van der Waals surface area contributed by atoms with Crippen molar-refractivity contribution in [3.05, 3.63) is 42.5 Å². The number of nitrogen functional groups attached to an aromatic ring is 1. The average Bonchev–Trinajstić information content (AvgIpc) is 2.94. The van der Waals surface area contributed by atoms with Gasteiger partial charge in [-0.25, -0.2) is 0 Å². The first-order valence-corrected chi connectivity index (χ1v) is 7.78. The Balaban J connectivity index is 2.03. The number of hydrogen-bond acceptors (Lipinski definition) is 6. The summed E-state index contributed by atoms with van der Waals surface area (Å²) in [4.78, 5) is 13.0. The predicted molar refractivity (Wildman–Crippen MR) is 97.5 cm³/mol. The Morgan fingerprint density at radius 3 is 2.88 bits per heavy atom. The third-order valence-electron chi connectivity index (χ3n) is 3.59. The van der Waals surface area contributed by atoms with Crippen LogP contribution in [0.15, 0.2) is 36.9 Å². The third kappa shape index (κ3) is 3.57. The maximum absolute atomic E-state index is 6.01. The zero-order chi connectivity index (χ0) is 17.8. The SMILES string of the molecule is [B]c1cccc(Cn2c(OC)nc3c(N)nc(OCCC=C)nc32)c1. The van der Waals surface area contributed by atoms with E-state index in [0.717, 1.165) is 5.56 Å². The molecule has 126 valence electrons. The fourth-order valence-corrected chi connectivity index (χ4v) is 2.45. The number of fused-ring (bicyclic) bond motifs is 1. The quantitative estimate of drug-likeness (QED) is 0.397. The van der Waals surface area contributed by atoms with E-state index in [1.807, 2.05) is 28.8 Å². The zero-order valence-electron chi connectivity index (χ0n) is 14.0. The highest BCUT2D eigenvalue weighted by atomic mass is 16.5. The highest BCUT2D eigenvalue weighted by molar-refractivity contribution is 6.32. The molecule has 7 nitrogen and oxygen atoms in total. The van der Waals surface area contributed by atoms with Gasteiger partial charge in [-0.05, 0) is 12.0 Å². The van der Waals surface area contributed by atoms with E-state index in [-0.39, 0.29) is 11.8 Å². The minimum Gasteiger partial charge on any atom is -0.468 e.